The Morgan fingerprint density at radius 1 is 1.26 bits per heavy atom. The number of carbonyl (C=O) groups excluding carboxylic acids is 3. The number of ether oxygens (including phenoxy) is 2. The lowest BCUT2D eigenvalue weighted by Crippen LogP contribution is -2.55. The number of benzene rings is 1. The molecule has 7 nitrogen and oxygen atoms in total. The Labute approximate surface area is 183 Å². The first-order valence-corrected chi connectivity index (χ1v) is 10.8. The lowest BCUT2D eigenvalue weighted by molar-refractivity contribution is -0.172. The molecule has 1 saturated carbocycles. The Bertz CT molecular complexity index is 988. The molecule has 1 aromatic carbocycles. The van der Waals surface area contributed by atoms with Gasteiger partial charge in [-0.3, -0.25) is 14.4 Å². The van der Waals surface area contributed by atoms with Gasteiger partial charge in [0.15, 0.2) is 5.78 Å². The fourth-order valence-electron chi connectivity index (χ4n) is 4.00. The van der Waals surface area contributed by atoms with Crippen molar-refractivity contribution in [2.24, 2.45) is 11.8 Å². The van der Waals surface area contributed by atoms with E-state index in [4.69, 9.17) is 9.47 Å². The number of hydrogen-bond acceptors (Lipinski definition) is 8. The van der Waals surface area contributed by atoms with Crippen LogP contribution in [0, 0.1) is 17.7 Å². The van der Waals surface area contributed by atoms with Crippen molar-refractivity contribution in [2.45, 2.75) is 38.7 Å². The second-order valence-electron chi connectivity index (χ2n) is 7.56. The van der Waals surface area contributed by atoms with E-state index in [0.717, 1.165) is 11.3 Å². The molecule has 0 radical (unpaired) electrons. The highest BCUT2D eigenvalue weighted by atomic mass is 32.1. The van der Waals surface area contributed by atoms with Gasteiger partial charge < -0.3 is 14.6 Å². The average Bonchev–Trinajstić information content (AvgIpc) is 3.17. The highest BCUT2D eigenvalue weighted by Gasteiger charge is 2.58. The third-order valence-corrected chi connectivity index (χ3v) is 6.41. The van der Waals surface area contributed by atoms with Crippen LogP contribution >= 0.6 is 11.3 Å². The fourth-order valence-corrected chi connectivity index (χ4v) is 5.09. The van der Waals surface area contributed by atoms with Gasteiger partial charge in [0.1, 0.15) is 11.7 Å². The maximum Gasteiger partial charge on any atom is 0.317 e. The molecule has 1 aliphatic rings. The molecule has 1 N–H and O–H groups in total. The van der Waals surface area contributed by atoms with Crippen LogP contribution in [-0.2, 0) is 23.9 Å². The van der Waals surface area contributed by atoms with E-state index < -0.39 is 53.3 Å². The number of ketones is 1. The maximum absolute atomic E-state index is 13.7. The van der Waals surface area contributed by atoms with Gasteiger partial charge in [0, 0.05) is 18.5 Å². The van der Waals surface area contributed by atoms with Crippen LogP contribution in [0.2, 0.25) is 0 Å². The molecule has 0 saturated heterocycles. The molecule has 1 aromatic heterocycles. The van der Waals surface area contributed by atoms with E-state index in [-0.39, 0.29) is 13.2 Å². The van der Waals surface area contributed by atoms with Gasteiger partial charge in [-0.2, -0.15) is 0 Å². The zero-order valence-electron chi connectivity index (χ0n) is 17.5. The van der Waals surface area contributed by atoms with E-state index in [1.165, 1.54) is 25.3 Å². The van der Waals surface area contributed by atoms with E-state index in [0.29, 0.717) is 15.4 Å². The molecule has 0 aliphatic heterocycles. The molecule has 31 heavy (non-hydrogen) atoms. The number of aliphatic hydroxyl groups is 1. The zero-order valence-corrected chi connectivity index (χ0v) is 18.3. The molecular formula is C22H24FNO6S. The number of carbonyl (C=O) groups is 3. The molecule has 0 spiro atoms. The molecule has 2 aromatic rings. The lowest BCUT2D eigenvalue weighted by atomic mass is 9.64. The number of hydrogen-bond donors (Lipinski definition) is 1. The van der Waals surface area contributed by atoms with Crippen LogP contribution in [0.1, 0.15) is 38.1 Å². The number of nitrogens with zero attached hydrogens (tertiary/aromatic N) is 1. The van der Waals surface area contributed by atoms with Crippen LogP contribution in [0.3, 0.4) is 0 Å². The molecule has 3 rings (SSSR count). The van der Waals surface area contributed by atoms with Crippen molar-refractivity contribution in [1.29, 1.82) is 0 Å². The summed E-state index contributed by atoms with van der Waals surface area (Å²) in [7, 11) is 0. The molecular weight excluding hydrogens is 425 g/mol. The molecule has 0 bridgehead atoms. The van der Waals surface area contributed by atoms with Gasteiger partial charge in [-0.05, 0) is 38.5 Å². The van der Waals surface area contributed by atoms with Crippen LogP contribution in [0.15, 0.2) is 30.5 Å². The predicted octanol–water partition coefficient (Wildman–Crippen LogP) is 3.12. The second-order valence-corrected chi connectivity index (χ2v) is 8.62. The summed E-state index contributed by atoms with van der Waals surface area (Å²) in [6, 6.07) is 5.91. The average molecular weight is 450 g/mol. The quantitative estimate of drug-likeness (QED) is 0.534. The van der Waals surface area contributed by atoms with Gasteiger partial charge >= 0.3 is 11.9 Å². The molecule has 166 valence electrons. The Balaban J connectivity index is 2.11. The minimum Gasteiger partial charge on any atom is -0.466 e. The van der Waals surface area contributed by atoms with Crippen molar-refractivity contribution < 1.29 is 33.4 Å². The van der Waals surface area contributed by atoms with E-state index >= 15 is 0 Å². The number of Topliss-reactive ketones (excluding diaryl/α,β-unsaturated/α-hetero) is 1. The van der Waals surface area contributed by atoms with Gasteiger partial charge in [-0.1, -0.05) is 12.1 Å². The van der Waals surface area contributed by atoms with Crippen LogP contribution in [0.25, 0.3) is 10.4 Å². The van der Waals surface area contributed by atoms with Crippen LogP contribution in [0.5, 0.6) is 0 Å². The second kappa shape index (κ2) is 9.23. The fraction of sp³-hybridized carbons (Fsp3) is 0.455. The van der Waals surface area contributed by atoms with E-state index in [1.54, 1.807) is 26.0 Å². The topological polar surface area (TPSA) is 103 Å². The normalized spacial score (nSPS) is 25.8. The minimum absolute atomic E-state index is 0.0577. The minimum atomic E-state index is -1.73. The van der Waals surface area contributed by atoms with Crippen molar-refractivity contribution in [2.75, 3.05) is 13.2 Å². The summed E-state index contributed by atoms with van der Waals surface area (Å²) >= 11 is 1.13. The lowest BCUT2D eigenvalue weighted by Gasteiger charge is -2.42. The predicted molar refractivity (Wildman–Crippen MR) is 111 cm³/mol. The third kappa shape index (κ3) is 4.67. The molecule has 1 heterocycles. The summed E-state index contributed by atoms with van der Waals surface area (Å²) in [5, 5.41) is 11.3. The molecule has 0 amide bonds. The Kier molecular flexibility index (Phi) is 6.86. The summed E-state index contributed by atoms with van der Waals surface area (Å²) in [6.45, 7) is 4.75. The van der Waals surface area contributed by atoms with Gasteiger partial charge in [0.25, 0.3) is 0 Å². The summed E-state index contributed by atoms with van der Waals surface area (Å²) in [5.41, 5.74) is -1.17. The van der Waals surface area contributed by atoms with E-state index in [2.05, 4.69) is 4.98 Å². The van der Waals surface area contributed by atoms with Crippen molar-refractivity contribution in [3.8, 4) is 10.4 Å². The Morgan fingerprint density at radius 2 is 1.94 bits per heavy atom. The van der Waals surface area contributed by atoms with Gasteiger partial charge in [-0.25, -0.2) is 9.37 Å². The largest absolute Gasteiger partial charge is 0.466 e. The smallest absolute Gasteiger partial charge is 0.317 e. The van der Waals surface area contributed by atoms with E-state index in [1.807, 2.05) is 0 Å². The Morgan fingerprint density at radius 3 is 2.58 bits per heavy atom. The van der Waals surface area contributed by atoms with Gasteiger partial charge in [0.05, 0.1) is 34.6 Å². The first-order valence-electron chi connectivity index (χ1n) is 9.99. The number of rotatable bonds is 6. The van der Waals surface area contributed by atoms with Crippen LogP contribution < -0.4 is 0 Å². The standard InChI is InChI=1S/C22H24FNO6S/c1-4-29-20(26)16-14(25)10-22(3,28)18(21(27)30-5-2)17(16)19-24-11-15(31-19)12-7-6-8-13(23)9-12/h6-9,11,16-18,28H,4-5,10H2,1-3H3. The highest BCUT2D eigenvalue weighted by Crippen LogP contribution is 2.48. The summed E-state index contributed by atoms with van der Waals surface area (Å²) in [4.78, 5) is 43.3. The van der Waals surface area contributed by atoms with Crippen molar-refractivity contribution in [3.63, 3.8) is 0 Å². The summed E-state index contributed by atoms with van der Waals surface area (Å²) in [5.74, 6) is -6.02. The summed E-state index contributed by atoms with van der Waals surface area (Å²) in [6.07, 6.45) is 1.10. The molecule has 9 heteroatoms. The first kappa shape index (κ1) is 23.0. The molecule has 4 unspecified atom stereocenters. The van der Waals surface area contributed by atoms with Crippen LogP contribution in [0.4, 0.5) is 4.39 Å². The van der Waals surface area contributed by atoms with Gasteiger partial charge in [0.2, 0.25) is 0 Å². The third-order valence-electron chi connectivity index (χ3n) is 5.27. The van der Waals surface area contributed by atoms with Gasteiger partial charge in [-0.15, -0.1) is 11.3 Å². The van der Waals surface area contributed by atoms with Crippen molar-refractivity contribution in [3.05, 3.63) is 41.3 Å². The summed E-state index contributed by atoms with van der Waals surface area (Å²) < 4.78 is 23.9. The van der Waals surface area contributed by atoms with E-state index in [9.17, 15) is 23.9 Å². The monoisotopic (exact) mass is 449 g/mol. The molecule has 4 atom stereocenters. The highest BCUT2D eigenvalue weighted by molar-refractivity contribution is 7.15. The maximum atomic E-state index is 13.7. The van der Waals surface area contributed by atoms with Crippen molar-refractivity contribution in [1.82, 2.24) is 4.98 Å². The molecule has 1 fully saturated rings. The number of esters is 2. The van der Waals surface area contributed by atoms with Crippen LogP contribution in [-0.4, -0.2) is 46.6 Å². The zero-order chi connectivity index (χ0) is 22.8. The SMILES string of the molecule is CCOC(=O)C1C(=O)CC(C)(O)C(C(=O)OCC)C1c1ncc(-c2cccc(F)c2)s1. The molecule has 1 aliphatic carbocycles. The number of thiazole rings is 1. The van der Waals surface area contributed by atoms with Crippen molar-refractivity contribution >= 4 is 29.1 Å². The number of aromatic nitrogens is 1. The first-order chi connectivity index (χ1) is 14.7. The Hall–Kier alpha value is -2.65. The number of halogens is 1.